The highest BCUT2D eigenvalue weighted by atomic mass is 14.9. The Morgan fingerprint density at radius 1 is 1.27 bits per heavy atom. The summed E-state index contributed by atoms with van der Waals surface area (Å²) in [5, 5.41) is 0. The molecule has 2 fully saturated rings. The van der Waals surface area contributed by atoms with Crippen LogP contribution in [0.15, 0.2) is 0 Å². The molecular weight excluding hydrogens is 134 g/mol. The normalized spacial score (nSPS) is 33.0. The highest BCUT2D eigenvalue weighted by molar-refractivity contribution is 5.20. The summed E-state index contributed by atoms with van der Waals surface area (Å²) in [6.07, 6.45) is 6.69. The molecule has 0 amide bonds. The number of rotatable bonds is 3. The van der Waals surface area contributed by atoms with Gasteiger partial charge in [0.15, 0.2) is 0 Å². The summed E-state index contributed by atoms with van der Waals surface area (Å²) in [5.74, 6) is 0.856. The van der Waals surface area contributed by atoms with Crippen LogP contribution in [0.25, 0.3) is 0 Å². The first kappa shape index (κ1) is 7.60. The summed E-state index contributed by atoms with van der Waals surface area (Å²) < 4.78 is 0. The zero-order chi connectivity index (χ0) is 8.11. The Balaban J connectivity index is 2.10. The lowest BCUT2D eigenvalue weighted by atomic mass is 9.80. The Kier molecular flexibility index (Phi) is 1.39. The standard InChI is InChI=1S/C10H19N/c1-3-8(2)9(4-5-9)10(11)6-7-10/h8H,3-7,11H2,1-2H3. The first-order chi connectivity index (χ1) is 5.15. The highest BCUT2D eigenvalue weighted by Gasteiger charge is 2.64. The molecule has 2 N–H and O–H groups in total. The zero-order valence-corrected chi connectivity index (χ0v) is 7.69. The van der Waals surface area contributed by atoms with Gasteiger partial charge in [-0.05, 0) is 37.0 Å². The van der Waals surface area contributed by atoms with Crippen molar-refractivity contribution in [1.82, 2.24) is 0 Å². The van der Waals surface area contributed by atoms with Gasteiger partial charge in [0.05, 0.1) is 0 Å². The van der Waals surface area contributed by atoms with Crippen LogP contribution in [0.2, 0.25) is 0 Å². The largest absolute Gasteiger partial charge is 0.325 e. The van der Waals surface area contributed by atoms with Crippen LogP contribution in [0.3, 0.4) is 0 Å². The van der Waals surface area contributed by atoms with E-state index in [0.717, 1.165) is 5.92 Å². The summed E-state index contributed by atoms with van der Waals surface area (Å²) in [7, 11) is 0. The predicted octanol–water partition coefficient (Wildman–Crippen LogP) is 2.30. The van der Waals surface area contributed by atoms with Crippen molar-refractivity contribution < 1.29 is 0 Å². The van der Waals surface area contributed by atoms with E-state index < -0.39 is 0 Å². The maximum absolute atomic E-state index is 6.26. The van der Waals surface area contributed by atoms with Crippen LogP contribution in [0.5, 0.6) is 0 Å². The lowest BCUT2D eigenvalue weighted by molar-refractivity contribution is 0.250. The number of hydrogen-bond acceptors (Lipinski definition) is 1. The highest BCUT2D eigenvalue weighted by Crippen LogP contribution is 2.67. The molecule has 0 aromatic rings. The third-order valence-corrected chi connectivity index (χ3v) is 4.12. The lowest BCUT2D eigenvalue weighted by Crippen LogP contribution is -2.38. The van der Waals surface area contributed by atoms with Crippen LogP contribution < -0.4 is 5.73 Å². The minimum atomic E-state index is 0.280. The van der Waals surface area contributed by atoms with Crippen LogP contribution in [0.1, 0.15) is 46.0 Å². The maximum atomic E-state index is 6.26. The number of hydrogen-bond donors (Lipinski definition) is 1. The lowest BCUT2D eigenvalue weighted by Gasteiger charge is -2.28. The van der Waals surface area contributed by atoms with Gasteiger partial charge in [-0.3, -0.25) is 0 Å². The van der Waals surface area contributed by atoms with Gasteiger partial charge in [-0.15, -0.1) is 0 Å². The Labute approximate surface area is 69.4 Å². The van der Waals surface area contributed by atoms with Crippen LogP contribution in [0, 0.1) is 11.3 Å². The molecule has 1 unspecified atom stereocenters. The van der Waals surface area contributed by atoms with Crippen LogP contribution >= 0.6 is 0 Å². The zero-order valence-electron chi connectivity index (χ0n) is 7.69. The minimum Gasteiger partial charge on any atom is -0.325 e. The van der Waals surface area contributed by atoms with Gasteiger partial charge in [0.25, 0.3) is 0 Å². The van der Waals surface area contributed by atoms with E-state index in [-0.39, 0.29) is 5.54 Å². The van der Waals surface area contributed by atoms with Crippen LogP contribution in [-0.4, -0.2) is 5.54 Å². The van der Waals surface area contributed by atoms with Gasteiger partial charge in [0.1, 0.15) is 0 Å². The molecule has 1 heteroatoms. The van der Waals surface area contributed by atoms with Gasteiger partial charge >= 0.3 is 0 Å². The Bertz CT molecular complexity index is 166. The molecule has 0 bridgehead atoms. The predicted molar refractivity (Wildman–Crippen MR) is 47.3 cm³/mol. The molecule has 0 saturated heterocycles. The minimum absolute atomic E-state index is 0.280. The summed E-state index contributed by atoms with van der Waals surface area (Å²) in [6, 6.07) is 0. The van der Waals surface area contributed by atoms with E-state index in [4.69, 9.17) is 5.73 Å². The molecule has 2 aliphatic rings. The van der Waals surface area contributed by atoms with Gasteiger partial charge < -0.3 is 5.73 Å². The fourth-order valence-corrected chi connectivity index (χ4v) is 2.64. The van der Waals surface area contributed by atoms with E-state index in [1.165, 1.54) is 32.1 Å². The first-order valence-corrected chi connectivity index (χ1v) is 4.93. The number of nitrogens with two attached hydrogens (primary N) is 1. The van der Waals surface area contributed by atoms with Crippen molar-refractivity contribution in [1.29, 1.82) is 0 Å². The second-order valence-corrected chi connectivity index (χ2v) is 4.62. The van der Waals surface area contributed by atoms with Gasteiger partial charge in [0, 0.05) is 5.54 Å². The summed E-state index contributed by atoms with van der Waals surface area (Å²) in [5.41, 5.74) is 7.13. The second-order valence-electron chi connectivity index (χ2n) is 4.62. The smallest absolute Gasteiger partial charge is 0.0215 e. The molecule has 2 rings (SSSR count). The van der Waals surface area contributed by atoms with E-state index in [2.05, 4.69) is 13.8 Å². The molecule has 0 aliphatic heterocycles. The third kappa shape index (κ3) is 0.868. The molecule has 64 valence electrons. The van der Waals surface area contributed by atoms with Crippen molar-refractivity contribution in [3.05, 3.63) is 0 Å². The molecule has 11 heavy (non-hydrogen) atoms. The molecule has 0 aromatic carbocycles. The average Bonchev–Trinajstić information content (AvgIpc) is 2.80. The van der Waals surface area contributed by atoms with Crippen molar-refractivity contribution in [2.75, 3.05) is 0 Å². The Morgan fingerprint density at radius 3 is 2.09 bits per heavy atom. The maximum Gasteiger partial charge on any atom is 0.0215 e. The van der Waals surface area contributed by atoms with Crippen molar-refractivity contribution in [2.24, 2.45) is 17.1 Å². The first-order valence-electron chi connectivity index (χ1n) is 4.93. The van der Waals surface area contributed by atoms with Crippen molar-refractivity contribution in [3.63, 3.8) is 0 Å². The molecule has 1 atom stereocenters. The summed E-state index contributed by atoms with van der Waals surface area (Å²) >= 11 is 0. The topological polar surface area (TPSA) is 26.0 Å². The second kappa shape index (κ2) is 2.01. The van der Waals surface area contributed by atoms with Crippen molar-refractivity contribution in [3.8, 4) is 0 Å². The fourth-order valence-electron chi connectivity index (χ4n) is 2.64. The molecular formula is C10H19N. The molecule has 2 aliphatic carbocycles. The van der Waals surface area contributed by atoms with Crippen LogP contribution in [-0.2, 0) is 0 Å². The van der Waals surface area contributed by atoms with Crippen molar-refractivity contribution >= 4 is 0 Å². The van der Waals surface area contributed by atoms with E-state index in [1.807, 2.05) is 0 Å². The average molecular weight is 153 g/mol. The molecule has 0 radical (unpaired) electrons. The quantitative estimate of drug-likeness (QED) is 0.661. The summed E-state index contributed by atoms with van der Waals surface area (Å²) in [6.45, 7) is 4.66. The monoisotopic (exact) mass is 153 g/mol. The SMILES string of the molecule is CCC(C)C1(C2(N)CC2)CC1. The fraction of sp³-hybridized carbons (Fsp3) is 1.00. The van der Waals surface area contributed by atoms with E-state index >= 15 is 0 Å². The molecule has 1 nitrogen and oxygen atoms in total. The van der Waals surface area contributed by atoms with E-state index in [1.54, 1.807) is 0 Å². The van der Waals surface area contributed by atoms with E-state index in [9.17, 15) is 0 Å². The van der Waals surface area contributed by atoms with Gasteiger partial charge in [-0.1, -0.05) is 20.3 Å². The van der Waals surface area contributed by atoms with Crippen molar-refractivity contribution in [2.45, 2.75) is 51.5 Å². The summed E-state index contributed by atoms with van der Waals surface area (Å²) in [4.78, 5) is 0. The van der Waals surface area contributed by atoms with Gasteiger partial charge in [-0.25, -0.2) is 0 Å². The molecule has 0 aromatic heterocycles. The molecule has 0 spiro atoms. The Hall–Kier alpha value is -0.0400. The molecule has 2 saturated carbocycles. The van der Waals surface area contributed by atoms with E-state index in [0.29, 0.717) is 5.41 Å². The van der Waals surface area contributed by atoms with Crippen LogP contribution in [0.4, 0.5) is 0 Å². The van der Waals surface area contributed by atoms with Gasteiger partial charge in [0.2, 0.25) is 0 Å². The van der Waals surface area contributed by atoms with Gasteiger partial charge in [-0.2, -0.15) is 0 Å². The Morgan fingerprint density at radius 2 is 1.82 bits per heavy atom. The molecule has 0 heterocycles. The third-order valence-electron chi connectivity index (χ3n) is 4.12.